The van der Waals surface area contributed by atoms with E-state index in [0.717, 1.165) is 16.9 Å². The lowest BCUT2D eigenvalue weighted by Crippen LogP contribution is -2.36. The smallest absolute Gasteiger partial charge is 0.227 e. The zero-order chi connectivity index (χ0) is 17.9. The number of nitrogens with one attached hydrogen (secondary N) is 1. The van der Waals surface area contributed by atoms with E-state index in [2.05, 4.69) is 15.5 Å². The number of carbonyl (C=O) groups excluding carboxylic acids is 1. The molecule has 0 atom stereocenters. The summed E-state index contributed by atoms with van der Waals surface area (Å²) in [5.74, 6) is 0.973. The molecule has 1 aromatic carbocycles. The third-order valence-electron chi connectivity index (χ3n) is 4.35. The predicted molar refractivity (Wildman–Crippen MR) is 93.2 cm³/mol. The van der Waals surface area contributed by atoms with Crippen LogP contribution in [0.3, 0.4) is 0 Å². The van der Waals surface area contributed by atoms with Crippen LogP contribution in [-0.4, -0.2) is 27.5 Å². The quantitative estimate of drug-likeness (QED) is 0.781. The second kappa shape index (κ2) is 6.95. The van der Waals surface area contributed by atoms with Crippen LogP contribution in [0.1, 0.15) is 16.9 Å². The van der Waals surface area contributed by atoms with Crippen LogP contribution in [-0.2, 0) is 24.2 Å². The van der Waals surface area contributed by atoms with Gasteiger partial charge in [-0.25, -0.2) is 4.39 Å². The first kappa shape index (κ1) is 16.3. The molecular weight excluding hydrogens is 335 g/mol. The molecule has 1 N–H and O–H groups in total. The molecule has 0 fully saturated rings. The van der Waals surface area contributed by atoms with Gasteiger partial charge in [-0.1, -0.05) is 17.3 Å². The fraction of sp³-hybridized carbons (Fsp3) is 0.211. The summed E-state index contributed by atoms with van der Waals surface area (Å²) in [6, 6.07) is 9.83. The summed E-state index contributed by atoms with van der Waals surface area (Å²) < 4.78 is 18.7. The third-order valence-corrected chi connectivity index (χ3v) is 4.35. The fourth-order valence-corrected chi connectivity index (χ4v) is 3.01. The SMILES string of the molecule is O=C(Cc1cccnc1)N1CCc2onc(Nc3cccc(F)c3)c2C1. The van der Waals surface area contributed by atoms with Crippen molar-refractivity contribution >= 4 is 17.4 Å². The van der Waals surface area contributed by atoms with Crippen LogP contribution in [0.4, 0.5) is 15.9 Å². The Morgan fingerprint density at radius 3 is 3.04 bits per heavy atom. The van der Waals surface area contributed by atoms with Crippen molar-refractivity contribution in [3.8, 4) is 0 Å². The number of anilines is 2. The van der Waals surface area contributed by atoms with E-state index in [1.54, 1.807) is 29.4 Å². The number of benzene rings is 1. The Morgan fingerprint density at radius 2 is 2.23 bits per heavy atom. The summed E-state index contributed by atoms with van der Waals surface area (Å²) >= 11 is 0. The molecule has 0 spiro atoms. The Kier molecular flexibility index (Phi) is 4.35. The Morgan fingerprint density at radius 1 is 1.31 bits per heavy atom. The summed E-state index contributed by atoms with van der Waals surface area (Å²) in [5.41, 5.74) is 2.30. The monoisotopic (exact) mass is 352 g/mol. The van der Waals surface area contributed by atoms with Crippen LogP contribution >= 0.6 is 0 Å². The van der Waals surface area contributed by atoms with E-state index < -0.39 is 0 Å². The molecule has 7 heteroatoms. The van der Waals surface area contributed by atoms with Crippen LogP contribution < -0.4 is 5.32 Å². The minimum absolute atomic E-state index is 0.0292. The molecule has 2 aromatic heterocycles. The number of aromatic nitrogens is 2. The zero-order valence-electron chi connectivity index (χ0n) is 14.0. The van der Waals surface area contributed by atoms with Crippen molar-refractivity contribution in [2.45, 2.75) is 19.4 Å². The Hall–Kier alpha value is -3.22. The van der Waals surface area contributed by atoms with Crippen LogP contribution in [0, 0.1) is 5.82 Å². The van der Waals surface area contributed by atoms with Crippen LogP contribution in [0.2, 0.25) is 0 Å². The van der Waals surface area contributed by atoms with Crippen LogP contribution in [0.5, 0.6) is 0 Å². The molecule has 0 unspecified atom stereocenters. The van der Waals surface area contributed by atoms with Gasteiger partial charge in [0, 0.05) is 31.0 Å². The highest BCUT2D eigenvalue weighted by molar-refractivity contribution is 5.79. The highest BCUT2D eigenvalue weighted by Crippen LogP contribution is 2.28. The molecule has 4 rings (SSSR count). The Labute approximate surface area is 149 Å². The van der Waals surface area contributed by atoms with Gasteiger partial charge in [-0.2, -0.15) is 0 Å². The molecule has 1 amide bonds. The molecule has 1 aliphatic rings. The lowest BCUT2D eigenvalue weighted by Gasteiger charge is -2.26. The largest absolute Gasteiger partial charge is 0.359 e. The average Bonchev–Trinajstić information content (AvgIpc) is 3.05. The third kappa shape index (κ3) is 3.42. The summed E-state index contributed by atoms with van der Waals surface area (Å²) in [7, 11) is 0. The topological polar surface area (TPSA) is 71.3 Å². The van der Waals surface area contributed by atoms with E-state index in [1.807, 2.05) is 12.1 Å². The van der Waals surface area contributed by atoms with Gasteiger partial charge in [0.1, 0.15) is 11.6 Å². The maximum Gasteiger partial charge on any atom is 0.227 e. The molecule has 26 heavy (non-hydrogen) atoms. The van der Waals surface area contributed by atoms with Gasteiger partial charge in [-0.3, -0.25) is 9.78 Å². The standard InChI is InChI=1S/C19H17FN4O2/c20-14-4-1-5-15(10-14)22-19-16-12-24(8-6-17(16)26-23-19)18(25)9-13-3-2-7-21-11-13/h1-5,7,10-11H,6,8-9,12H2,(H,22,23). The molecule has 132 valence electrons. The number of halogens is 1. The van der Waals surface area contributed by atoms with Crippen molar-refractivity contribution in [3.05, 3.63) is 71.5 Å². The fourth-order valence-electron chi connectivity index (χ4n) is 3.01. The first-order valence-electron chi connectivity index (χ1n) is 8.36. The van der Waals surface area contributed by atoms with Crippen molar-refractivity contribution in [1.29, 1.82) is 0 Å². The van der Waals surface area contributed by atoms with E-state index >= 15 is 0 Å². The van der Waals surface area contributed by atoms with E-state index in [1.165, 1.54) is 12.1 Å². The molecule has 3 aromatic rings. The predicted octanol–water partition coefficient (Wildman–Crippen LogP) is 3.08. The van der Waals surface area contributed by atoms with Crippen molar-refractivity contribution in [2.75, 3.05) is 11.9 Å². The number of rotatable bonds is 4. The molecule has 0 saturated carbocycles. The van der Waals surface area contributed by atoms with Gasteiger partial charge in [-0.05, 0) is 29.8 Å². The lowest BCUT2D eigenvalue weighted by molar-refractivity contribution is -0.131. The number of nitrogens with zero attached hydrogens (tertiary/aromatic N) is 3. The van der Waals surface area contributed by atoms with Crippen molar-refractivity contribution in [3.63, 3.8) is 0 Å². The van der Waals surface area contributed by atoms with Crippen molar-refractivity contribution < 1.29 is 13.7 Å². The molecule has 0 aliphatic carbocycles. The first-order valence-corrected chi connectivity index (χ1v) is 8.36. The number of amides is 1. The van der Waals surface area contributed by atoms with Crippen molar-refractivity contribution in [1.82, 2.24) is 15.0 Å². The van der Waals surface area contributed by atoms with E-state index in [4.69, 9.17) is 4.52 Å². The van der Waals surface area contributed by atoms with Crippen LogP contribution in [0.25, 0.3) is 0 Å². The van der Waals surface area contributed by atoms with Gasteiger partial charge in [0.25, 0.3) is 0 Å². The van der Waals surface area contributed by atoms with Crippen molar-refractivity contribution in [2.24, 2.45) is 0 Å². The van der Waals surface area contributed by atoms with E-state index in [-0.39, 0.29) is 11.7 Å². The van der Waals surface area contributed by atoms with E-state index in [0.29, 0.717) is 37.4 Å². The minimum Gasteiger partial charge on any atom is -0.359 e. The lowest BCUT2D eigenvalue weighted by atomic mass is 10.1. The first-order chi connectivity index (χ1) is 12.7. The minimum atomic E-state index is -0.333. The van der Waals surface area contributed by atoms with Gasteiger partial charge < -0.3 is 14.7 Å². The maximum absolute atomic E-state index is 13.4. The van der Waals surface area contributed by atoms with Gasteiger partial charge in [0.15, 0.2) is 5.82 Å². The highest BCUT2D eigenvalue weighted by Gasteiger charge is 2.27. The number of carbonyl (C=O) groups is 1. The molecular formula is C19H17FN4O2. The summed E-state index contributed by atoms with van der Waals surface area (Å²) in [4.78, 5) is 18.4. The van der Waals surface area contributed by atoms with Gasteiger partial charge in [0.2, 0.25) is 5.91 Å². The molecule has 3 heterocycles. The van der Waals surface area contributed by atoms with Gasteiger partial charge in [-0.15, -0.1) is 0 Å². The number of pyridine rings is 1. The average molecular weight is 352 g/mol. The second-order valence-electron chi connectivity index (χ2n) is 6.17. The van der Waals surface area contributed by atoms with Gasteiger partial charge in [0.05, 0.1) is 18.5 Å². The molecule has 0 radical (unpaired) electrons. The summed E-state index contributed by atoms with van der Waals surface area (Å²) in [6.07, 6.45) is 4.29. The molecule has 0 saturated heterocycles. The number of fused-ring (bicyclic) bond motifs is 1. The summed E-state index contributed by atoms with van der Waals surface area (Å²) in [5, 5.41) is 7.11. The molecule has 0 bridgehead atoms. The number of hydrogen-bond donors (Lipinski definition) is 1. The molecule has 1 aliphatic heterocycles. The Bertz CT molecular complexity index is 926. The zero-order valence-corrected chi connectivity index (χ0v) is 14.0. The normalized spacial score (nSPS) is 13.3. The second-order valence-corrected chi connectivity index (χ2v) is 6.17. The van der Waals surface area contributed by atoms with E-state index in [9.17, 15) is 9.18 Å². The highest BCUT2D eigenvalue weighted by atomic mass is 19.1. The summed E-state index contributed by atoms with van der Waals surface area (Å²) in [6.45, 7) is 0.996. The maximum atomic E-state index is 13.4. The van der Waals surface area contributed by atoms with Crippen LogP contribution in [0.15, 0.2) is 53.3 Å². The molecule has 6 nitrogen and oxygen atoms in total. The number of hydrogen-bond acceptors (Lipinski definition) is 5. The van der Waals surface area contributed by atoms with Gasteiger partial charge >= 0.3 is 0 Å². The Balaban J connectivity index is 1.49.